The van der Waals surface area contributed by atoms with E-state index in [0.717, 1.165) is 4.88 Å². The third-order valence-electron chi connectivity index (χ3n) is 3.70. The molecule has 0 fully saturated rings. The minimum Gasteiger partial charge on any atom is -0.451 e. The van der Waals surface area contributed by atoms with Gasteiger partial charge in [-0.2, -0.15) is 9.90 Å². The topological polar surface area (TPSA) is 86.1 Å². The van der Waals surface area contributed by atoms with E-state index < -0.39 is 12.6 Å². The molecule has 140 valence electrons. The van der Waals surface area contributed by atoms with E-state index >= 15 is 0 Å². The molecular weight excluding hydrogens is 388 g/mol. The van der Waals surface area contributed by atoms with Gasteiger partial charge in [-0.1, -0.05) is 23.7 Å². The van der Waals surface area contributed by atoms with Gasteiger partial charge in [0.15, 0.2) is 12.3 Å². The van der Waals surface area contributed by atoms with Gasteiger partial charge in [-0.25, -0.2) is 4.79 Å². The highest BCUT2D eigenvalue weighted by Crippen LogP contribution is 2.18. The first-order valence-corrected chi connectivity index (χ1v) is 9.39. The van der Waals surface area contributed by atoms with Crippen molar-refractivity contribution < 1.29 is 14.3 Å². The standard InChI is InChI=1S/C18H17ClN4O3S/c1-11(15-7-4-8-27-15)20-16(24)10-26-18(25)17-12(2)21-23(22-17)14-6-3-5-13(19)9-14/h3-9,11H,10H2,1-2H3,(H,20,24)/t11-/m1/s1. The smallest absolute Gasteiger partial charge is 0.361 e. The SMILES string of the molecule is Cc1nn(-c2cccc(Cl)c2)nc1C(=O)OCC(=O)N[C@H](C)c1cccs1. The van der Waals surface area contributed by atoms with E-state index in [2.05, 4.69) is 15.5 Å². The van der Waals surface area contributed by atoms with E-state index in [-0.39, 0.29) is 17.6 Å². The summed E-state index contributed by atoms with van der Waals surface area (Å²) >= 11 is 7.51. The average molecular weight is 405 g/mol. The lowest BCUT2D eigenvalue weighted by molar-refractivity contribution is -0.124. The summed E-state index contributed by atoms with van der Waals surface area (Å²) in [7, 11) is 0. The summed E-state index contributed by atoms with van der Waals surface area (Å²) in [5.41, 5.74) is 1.06. The first-order chi connectivity index (χ1) is 12.9. The monoisotopic (exact) mass is 404 g/mol. The van der Waals surface area contributed by atoms with Crippen molar-refractivity contribution in [3.63, 3.8) is 0 Å². The van der Waals surface area contributed by atoms with E-state index in [0.29, 0.717) is 16.4 Å². The molecule has 1 N–H and O–H groups in total. The maximum absolute atomic E-state index is 12.3. The van der Waals surface area contributed by atoms with Crippen molar-refractivity contribution in [3.8, 4) is 5.69 Å². The van der Waals surface area contributed by atoms with E-state index in [9.17, 15) is 9.59 Å². The van der Waals surface area contributed by atoms with Crippen LogP contribution >= 0.6 is 22.9 Å². The van der Waals surface area contributed by atoms with Crippen molar-refractivity contribution in [3.05, 3.63) is 63.1 Å². The Morgan fingerprint density at radius 2 is 2.11 bits per heavy atom. The van der Waals surface area contributed by atoms with Gasteiger partial charge in [0.2, 0.25) is 0 Å². The Hall–Kier alpha value is -2.71. The van der Waals surface area contributed by atoms with Crippen molar-refractivity contribution in [2.24, 2.45) is 0 Å². The summed E-state index contributed by atoms with van der Waals surface area (Å²) in [5, 5.41) is 13.6. The minimum absolute atomic E-state index is 0.0501. The molecule has 7 nitrogen and oxygen atoms in total. The summed E-state index contributed by atoms with van der Waals surface area (Å²) < 4.78 is 5.07. The predicted octanol–water partition coefficient (Wildman–Crippen LogP) is 3.32. The molecule has 1 aromatic carbocycles. The van der Waals surface area contributed by atoms with Gasteiger partial charge in [0.1, 0.15) is 0 Å². The highest BCUT2D eigenvalue weighted by molar-refractivity contribution is 7.10. The van der Waals surface area contributed by atoms with E-state index in [4.69, 9.17) is 16.3 Å². The van der Waals surface area contributed by atoms with Gasteiger partial charge in [0.25, 0.3) is 5.91 Å². The molecule has 0 aliphatic carbocycles. The number of ether oxygens (including phenoxy) is 1. The number of carbonyl (C=O) groups is 2. The molecule has 0 saturated heterocycles. The zero-order valence-electron chi connectivity index (χ0n) is 14.7. The Kier molecular flexibility index (Phi) is 5.88. The van der Waals surface area contributed by atoms with Crippen LogP contribution < -0.4 is 5.32 Å². The van der Waals surface area contributed by atoms with Crippen molar-refractivity contribution in [2.45, 2.75) is 19.9 Å². The normalized spacial score (nSPS) is 11.8. The number of amides is 1. The molecule has 1 amide bonds. The highest BCUT2D eigenvalue weighted by Gasteiger charge is 2.20. The van der Waals surface area contributed by atoms with Crippen LogP contribution in [-0.4, -0.2) is 33.5 Å². The number of nitrogens with zero attached hydrogens (tertiary/aromatic N) is 3. The third-order valence-corrected chi connectivity index (χ3v) is 4.99. The van der Waals surface area contributed by atoms with Gasteiger partial charge in [0, 0.05) is 9.90 Å². The molecule has 2 heterocycles. The molecule has 3 aromatic rings. The Morgan fingerprint density at radius 3 is 2.81 bits per heavy atom. The van der Waals surface area contributed by atoms with Crippen LogP contribution in [0.5, 0.6) is 0 Å². The maximum Gasteiger partial charge on any atom is 0.361 e. The van der Waals surface area contributed by atoms with Crippen LogP contribution in [0.4, 0.5) is 0 Å². The zero-order valence-corrected chi connectivity index (χ0v) is 16.3. The predicted molar refractivity (Wildman–Crippen MR) is 102 cm³/mol. The Labute approximate surface area is 164 Å². The molecule has 0 aliphatic rings. The molecule has 27 heavy (non-hydrogen) atoms. The quantitative estimate of drug-likeness (QED) is 0.637. The minimum atomic E-state index is -0.709. The highest BCUT2D eigenvalue weighted by atomic mass is 35.5. The molecular formula is C18H17ClN4O3S. The molecule has 2 aromatic heterocycles. The number of hydrogen-bond acceptors (Lipinski definition) is 6. The van der Waals surface area contributed by atoms with Gasteiger partial charge < -0.3 is 10.1 Å². The van der Waals surface area contributed by atoms with Crippen LogP contribution in [0.1, 0.15) is 34.0 Å². The van der Waals surface area contributed by atoms with Gasteiger partial charge in [-0.3, -0.25) is 4.79 Å². The van der Waals surface area contributed by atoms with Crippen molar-refractivity contribution in [2.75, 3.05) is 6.61 Å². The van der Waals surface area contributed by atoms with Crippen molar-refractivity contribution in [1.82, 2.24) is 20.3 Å². The number of thiophene rings is 1. The first kappa shape index (κ1) is 19.1. The van der Waals surface area contributed by atoms with Gasteiger partial charge >= 0.3 is 5.97 Å². The summed E-state index contributed by atoms with van der Waals surface area (Å²) in [6.07, 6.45) is 0. The number of rotatable bonds is 6. The zero-order chi connectivity index (χ0) is 19.4. The average Bonchev–Trinajstić information content (AvgIpc) is 3.29. The molecule has 0 spiro atoms. The molecule has 3 rings (SSSR count). The van der Waals surface area contributed by atoms with E-state index in [1.54, 1.807) is 42.5 Å². The second kappa shape index (κ2) is 8.32. The van der Waals surface area contributed by atoms with Crippen LogP contribution in [0.2, 0.25) is 5.02 Å². The van der Waals surface area contributed by atoms with Gasteiger partial charge in [-0.05, 0) is 43.5 Å². The molecule has 0 bridgehead atoms. The van der Waals surface area contributed by atoms with Crippen LogP contribution in [0, 0.1) is 6.92 Å². The van der Waals surface area contributed by atoms with Gasteiger partial charge in [-0.15, -0.1) is 16.4 Å². The maximum atomic E-state index is 12.3. The molecule has 0 saturated carbocycles. The summed E-state index contributed by atoms with van der Waals surface area (Å²) in [6.45, 7) is 3.12. The summed E-state index contributed by atoms with van der Waals surface area (Å²) in [5.74, 6) is -1.09. The van der Waals surface area contributed by atoms with E-state index in [1.165, 1.54) is 4.80 Å². The van der Waals surface area contributed by atoms with Crippen LogP contribution in [0.15, 0.2) is 41.8 Å². The number of halogens is 1. The fourth-order valence-electron chi connectivity index (χ4n) is 2.37. The van der Waals surface area contributed by atoms with Crippen molar-refractivity contribution >= 4 is 34.8 Å². The van der Waals surface area contributed by atoms with Crippen LogP contribution in [0.3, 0.4) is 0 Å². The lowest BCUT2D eigenvalue weighted by Crippen LogP contribution is -2.30. The number of aromatic nitrogens is 3. The molecule has 0 aliphatic heterocycles. The largest absolute Gasteiger partial charge is 0.451 e. The van der Waals surface area contributed by atoms with Gasteiger partial charge in [0.05, 0.1) is 17.4 Å². The number of benzene rings is 1. The van der Waals surface area contributed by atoms with Crippen LogP contribution in [-0.2, 0) is 9.53 Å². The van der Waals surface area contributed by atoms with Crippen LogP contribution in [0.25, 0.3) is 5.69 Å². The Morgan fingerprint density at radius 1 is 1.30 bits per heavy atom. The molecule has 1 atom stereocenters. The van der Waals surface area contributed by atoms with E-state index in [1.807, 2.05) is 24.4 Å². The fourth-order valence-corrected chi connectivity index (χ4v) is 3.29. The summed E-state index contributed by atoms with van der Waals surface area (Å²) in [4.78, 5) is 26.6. The number of aryl methyl sites for hydroxylation is 1. The fraction of sp³-hybridized carbons (Fsp3) is 0.222. The number of carbonyl (C=O) groups excluding carboxylic acids is 2. The second-order valence-corrected chi connectivity index (χ2v) is 7.20. The molecule has 9 heteroatoms. The number of esters is 1. The number of hydrogen-bond donors (Lipinski definition) is 1. The number of nitrogens with one attached hydrogen (secondary N) is 1. The Bertz CT molecular complexity index is 955. The summed E-state index contributed by atoms with van der Waals surface area (Å²) in [6, 6.07) is 10.6. The first-order valence-electron chi connectivity index (χ1n) is 8.14. The van der Waals surface area contributed by atoms with Crippen molar-refractivity contribution in [1.29, 1.82) is 0 Å². The Balaban J connectivity index is 1.60. The molecule has 0 radical (unpaired) electrons. The lowest BCUT2D eigenvalue weighted by atomic mass is 10.3. The lowest BCUT2D eigenvalue weighted by Gasteiger charge is -2.12. The molecule has 0 unspecified atom stereocenters. The second-order valence-electron chi connectivity index (χ2n) is 5.78. The third kappa shape index (κ3) is 4.72.